The summed E-state index contributed by atoms with van der Waals surface area (Å²) in [6, 6.07) is 4.62. The Bertz CT molecular complexity index is 422. The van der Waals surface area contributed by atoms with Gasteiger partial charge in [-0.25, -0.2) is 0 Å². The second-order valence-corrected chi connectivity index (χ2v) is 4.87. The quantitative estimate of drug-likeness (QED) is 0.764. The molecule has 1 fully saturated rings. The fourth-order valence-electron chi connectivity index (χ4n) is 2.03. The number of aryl methyl sites for hydroxylation is 1. The Morgan fingerprint density at radius 1 is 1.62 bits per heavy atom. The van der Waals surface area contributed by atoms with Crippen LogP contribution in [0.1, 0.15) is 37.7 Å². The van der Waals surface area contributed by atoms with Gasteiger partial charge in [0, 0.05) is 6.61 Å². The van der Waals surface area contributed by atoms with Crippen LogP contribution in [0.15, 0.2) is 6.07 Å². The molecule has 1 unspecified atom stereocenters. The third-order valence-corrected chi connectivity index (χ3v) is 3.03. The molecule has 0 saturated carbocycles. The van der Waals surface area contributed by atoms with Crippen LogP contribution in [-0.4, -0.2) is 23.0 Å². The molecule has 0 N–H and O–H groups in total. The lowest BCUT2D eigenvalue weighted by molar-refractivity contribution is 0.183. The molecular formula is C12H17N3O. The van der Waals surface area contributed by atoms with E-state index in [2.05, 4.69) is 11.2 Å². The van der Waals surface area contributed by atoms with Crippen LogP contribution >= 0.6 is 0 Å². The van der Waals surface area contributed by atoms with Crippen LogP contribution in [0.5, 0.6) is 0 Å². The van der Waals surface area contributed by atoms with E-state index in [-0.39, 0.29) is 6.04 Å². The summed E-state index contributed by atoms with van der Waals surface area (Å²) >= 11 is 0. The fraction of sp³-hybridized carbons (Fsp3) is 0.667. The molecule has 0 bridgehead atoms. The van der Waals surface area contributed by atoms with Gasteiger partial charge in [0.15, 0.2) is 0 Å². The number of rotatable bonds is 2. The monoisotopic (exact) mass is 219 g/mol. The Hall–Kier alpha value is -1.34. The van der Waals surface area contributed by atoms with Crippen molar-refractivity contribution in [3.05, 3.63) is 17.5 Å². The van der Waals surface area contributed by atoms with Gasteiger partial charge in [-0.3, -0.25) is 4.68 Å². The minimum absolute atomic E-state index is 0.288. The van der Waals surface area contributed by atoms with Crippen molar-refractivity contribution in [1.82, 2.24) is 9.78 Å². The molecule has 0 aromatic carbocycles. The molecule has 1 saturated heterocycles. The van der Waals surface area contributed by atoms with E-state index in [1.807, 2.05) is 31.5 Å². The molecule has 1 aromatic heterocycles. The topological polar surface area (TPSA) is 50.8 Å². The summed E-state index contributed by atoms with van der Waals surface area (Å²) in [5.74, 6) is 0. The van der Waals surface area contributed by atoms with Crippen LogP contribution in [0.2, 0.25) is 0 Å². The second-order valence-electron chi connectivity index (χ2n) is 4.87. The average Bonchev–Trinajstić information content (AvgIpc) is 2.85. The maximum absolute atomic E-state index is 9.20. The van der Waals surface area contributed by atoms with Gasteiger partial charge in [-0.2, -0.15) is 10.4 Å². The van der Waals surface area contributed by atoms with Crippen LogP contribution < -0.4 is 0 Å². The van der Waals surface area contributed by atoms with Crippen molar-refractivity contribution in [1.29, 1.82) is 5.26 Å². The van der Waals surface area contributed by atoms with E-state index < -0.39 is 5.41 Å². The van der Waals surface area contributed by atoms with Gasteiger partial charge in [-0.15, -0.1) is 0 Å². The van der Waals surface area contributed by atoms with E-state index in [1.54, 1.807) is 0 Å². The first-order chi connectivity index (χ1) is 7.54. The van der Waals surface area contributed by atoms with E-state index in [0.717, 1.165) is 24.4 Å². The zero-order chi connectivity index (χ0) is 11.8. The zero-order valence-corrected chi connectivity index (χ0v) is 10.0. The number of ether oxygens (including phenoxy) is 1. The first-order valence-electron chi connectivity index (χ1n) is 5.60. The average molecular weight is 219 g/mol. The number of nitriles is 1. The molecule has 1 atom stereocenters. The van der Waals surface area contributed by atoms with Crippen LogP contribution in [0.4, 0.5) is 0 Å². The molecule has 0 spiro atoms. The van der Waals surface area contributed by atoms with E-state index in [0.29, 0.717) is 6.61 Å². The Morgan fingerprint density at radius 2 is 2.38 bits per heavy atom. The van der Waals surface area contributed by atoms with Crippen molar-refractivity contribution in [2.24, 2.45) is 0 Å². The normalized spacial score (nSPS) is 21.0. The highest BCUT2D eigenvalue weighted by Gasteiger charge is 2.29. The largest absolute Gasteiger partial charge is 0.379 e. The van der Waals surface area contributed by atoms with Gasteiger partial charge in [0.25, 0.3) is 0 Å². The second kappa shape index (κ2) is 3.91. The minimum Gasteiger partial charge on any atom is -0.379 e. The van der Waals surface area contributed by atoms with Gasteiger partial charge in [0.2, 0.25) is 0 Å². The highest BCUT2D eigenvalue weighted by Crippen LogP contribution is 2.28. The lowest BCUT2D eigenvalue weighted by Crippen LogP contribution is -2.23. The van der Waals surface area contributed by atoms with Crippen molar-refractivity contribution in [2.45, 2.75) is 38.6 Å². The van der Waals surface area contributed by atoms with E-state index in [4.69, 9.17) is 4.74 Å². The summed E-state index contributed by atoms with van der Waals surface area (Å²) in [5.41, 5.74) is 1.46. The Morgan fingerprint density at radius 3 is 2.94 bits per heavy atom. The minimum atomic E-state index is -0.496. The standard InChI is InChI=1S/C12H17N3O/c1-9-6-11(12(2,3)8-13)15(14-9)10-4-5-16-7-10/h6,10H,4-5,7H2,1-3H3. The van der Waals surface area contributed by atoms with Gasteiger partial charge in [0.1, 0.15) is 0 Å². The number of hydrogen-bond donors (Lipinski definition) is 0. The fourth-order valence-corrected chi connectivity index (χ4v) is 2.03. The summed E-state index contributed by atoms with van der Waals surface area (Å²) in [7, 11) is 0. The van der Waals surface area contributed by atoms with Crippen LogP contribution in [0.25, 0.3) is 0 Å². The maximum atomic E-state index is 9.20. The third kappa shape index (κ3) is 1.83. The van der Waals surface area contributed by atoms with Gasteiger partial charge in [-0.1, -0.05) is 0 Å². The summed E-state index contributed by atoms with van der Waals surface area (Å²) in [6.45, 7) is 7.31. The summed E-state index contributed by atoms with van der Waals surface area (Å²) in [6.07, 6.45) is 0.982. The highest BCUT2D eigenvalue weighted by molar-refractivity contribution is 5.26. The number of hydrogen-bond acceptors (Lipinski definition) is 3. The molecule has 2 heterocycles. The van der Waals surface area contributed by atoms with Crippen molar-refractivity contribution in [3.8, 4) is 6.07 Å². The van der Waals surface area contributed by atoms with Crippen LogP contribution in [-0.2, 0) is 10.2 Å². The van der Waals surface area contributed by atoms with Gasteiger partial charge >= 0.3 is 0 Å². The molecular weight excluding hydrogens is 202 g/mol. The van der Waals surface area contributed by atoms with Gasteiger partial charge < -0.3 is 4.74 Å². The number of aromatic nitrogens is 2. The summed E-state index contributed by atoms with van der Waals surface area (Å²) < 4.78 is 7.36. The lowest BCUT2D eigenvalue weighted by Gasteiger charge is -2.20. The molecule has 4 nitrogen and oxygen atoms in total. The molecule has 0 radical (unpaired) electrons. The zero-order valence-electron chi connectivity index (χ0n) is 10.0. The molecule has 4 heteroatoms. The van der Waals surface area contributed by atoms with Gasteiger partial charge in [-0.05, 0) is 33.3 Å². The molecule has 1 aromatic rings. The smallest absolute Gasteiger partial charge is 0.0934 e. The predicted octanol–water partition coefficient (Wildman–Crippen LogP) is 1.95. The first kappa shape index (κ1) is 11.2. The summed E-state index contributed by atoms with van der Waals surface area (Å²) in [5, 5.41) is 13.7. The van der Waals surface area contributed by atoms with Crippen LogP contribution in [0.3, 0.4) is 0 Å². The highest BCUT2D eigenvalue weighted by atomic mass is 16.5. The molecule has 1 aliphatic heterocycles. The predicted molar refractivity (Wildman–Crippen MR) is 60.1 cm³/mol. The lowest BCUT2D eigenvalue weighted by atomic mass is 9.90. The molecule has 0 amide bonds. The Balaban J connectivity index is 2.41. The van der Waals surface area contributed by atoms with Crippen molar-refractivity contribution < 1.29 is 4.74 Å². The SMILES string of the molecule is Cc1cc(C(C)(C)C#N)n(C2CCOC2)n1. The molecule has 16 heavy (non-hydrogen) atoms. The van der Waals surface area contributed by atoms with Crippen molar-refractivity contribution in [2.75, 3.05) is 13.2 Å². The van der Waals surface area contributed by atoms with E-state index in [1.165, 1.54) is 0 Å². The third-order valence-electron chi connectivity index (χ3n) is 3.03. The summed E-state index contributed by atoms with van der Waals surface area (Å²) in [4.78, 5) is 0. The molecule has 2 rings (SSSR count). The molecule has 86 valence electrons. The first-order valence-corrected chi connectivity index (χ1v) is 5.60. The van der Waals surface area contributed by atoms with E-state index in [9.17, 15) is 5.26 Å². The number of nitrogens with zero attached hydrogens (tertiary/aromatic N) is 3. The Kier molecular flexibility index (Phi) is 2.73. The van der Waals surface area contributed by atoms with E-state index >= 15 is 0 Å². The maximum Gasteiger partial charge on any atom is 0.0934 e. The van der Waals surface area contributed by atoms with Crippen LogP contribution in [0, 0.1) is 18.3 Å². The van der Waals surface area contributed by atoms with Crippen molar-refractivity contribution in [3.63, 3.8) is 0 Å². The molecule has 0 aliphatic carbocycles. The Labute approximate surface area is 95.8 Å². The van der Waals surface area contributed by atoms with Crippen molar-refractivity contribution >= 4 is 0 Å². The molecule has 1 aliphatic rings. The van der Waals surface area contributed by atoms with Gasteiger partial charge in [0.05, 0.1) is 35.5 Å².